The lowest BCUT2D eigenvalue weighted by atomic mass is 9.94. The second-order valence-electron chi connectivity index (χ2n) is 9.18. The third kappa shape index (κ3) is 5.94. The molecule has 210 valence electrons. The number of hydrogen-bond acceptors (Lipinski definition) is 4. The van der Waals surface area contributed by atoms with Gasteiger partial charge in [-0.15, -0.1) is 5.53 Å². The summed E-state index contributed by atoms with van der Waals surface area (Å²) in [4.78, 5) is 13.5. The van der Waals surface area contributed by atoms with Crippen molar-refractivity contribution < 1.29 is 31.1 Å². The summed E-state index contributed by atoms with van der Waals surface area (Å²) in [7, 11) is 0. The molecule has 4 aromatic rings. The van der Waals surface area contributed by atoms with Gasteiger partial charge >= 0.3 is 12.4 Å². The predicted octanol–water partition coefficient (Wildman–Crippen LogP) is 7.96. The van der Waals surface area contributed by atoms with Crippen LogP contribution in [0.15, 0.2) is 97.1 Å². The van der Waals surface area contributed by atoms with E-state index in [2.05, 4.69) is 11.0 Å². The Bertz CT molecular complexity index is 1600. The Labute approximate surface area is 235 Å². The zero-order valence-corrected chi connectivity index (χ0v) is 21.7. The summed E-state index contributed by atoms with van der Waals surface area (Å²) in [5.74, 6) is -0.362. The predicted molar refractivity (Wildman–Crippen MR) is 143 cm³/mol. The molecule has 0 aliphatic carbocycles. The van der Waals surface area contributed by atoms with Gasteiger partial charge in [0, 0.05) is 22.3 Å². The first-order valence-electron chi connectivity index (χ1n) is 12.2. The topological polar surface area (TPSA) is 44.4 Å². The van der Waals surface area contributed by atoms with Gasteiger partial charge in [-0.05, 0) is 35.9 Å². The molecule has 4 aromatic carbocycles. The minimum Gasteiger partial charge on any atom is -0.301 e. The van der Waals surface area contributed by atoms with Crippen LogP contribution in [-0.2, 0) is 18.9 Å². The van der Waals surface area contributed by atoms with Gasteiger partial charge in [-0.2, -0.15) is 26.3 Å². The van der Waals surface area contributed by atoms with E-state index in [0.717, 1.165) is 0 Å². The Kier molecular flexibility index (Phi) is 7.54. The van der Waals surface area contributed by atoms with Crippen LogP contribution in [0.3, 0.4) is 0 Å². The Balaban J connectivity index is 1.63. The van der Waals surface area contributed by atoms with E-state index in [1.54, 1.807) is 78.9 Å². The molecule has 0 spiro atoms. The van der Waals surface area contributed by atoms with E-state index in [9.17, 15) is 31.1 Å². The molecule has 41 heavy (non-hydrogen) atoms. The number of carbonyl (C=O) groups excluding carboxylic acids is 1. The summed E-state index contributed by atoms with van der Waals surface area (Å²) in [6.45, 7) is -0.367. The zero-order chi connectivity index (χ0) is 29.4. The number of nitrogens with zero attached hydrogens (tertiary/aromatic N) is 1. The molecule has 1 aliphatic rings. The fourth-order valence-corrected chi connectivity index (χ4v) is 4.79. The molecule has 1 heterocycles. The number of hydrazine groups is 2. The monoisotopic (exact) mass is 587 g/mol. The average molecular weight is 588 g/mol. The van der Waals surface area contributed by atoms with Gasteiger partial charge in [0.1, 0.15) is 0 Å². The number of hydrogen-bond donors (Lipinski definition) is 2. The van der Waals surface area contributed by atoms with E-state index in [-0.39, 0.29) is 34.5 Å². The molecule has 1 aliphatic heterocycles. The molecule has 0 saturated heterocycles. The molecule has 0 unspecified atom stereocenters. The smallest absolute Gasteiger partial charge is 0.301 e. The molecule has 11 heteroatoms. The van der Waals surface area contributed by atoms with E-state index < -0.39 is 23.5 Å². The number of ketones is 1. The highest BCUT2D eigenvalue weighted by molar-refractivity contribution is 6.35. The van der Waals surface area contributed by atoms with Gasteiger partial charge < -0.3 is 5.43 Å². The molecule has 0 radical (unpaired) electrons. The summed E-state index contributed by atoms with van der Waals surface area (Å²) in [5, 5.41) is 1.66. The highest BCUT2D eigenvalue weighted by Crippen LogP contribution is 2.38. The summed E-state index contributed by atoms with van der Waals surface area (Å²) in [6, 6.07) is 23.4. The highest BCUT2D eigenvalue weighted by atomic mass is 35.5. The quantitative estimate of drug-likeness (QED) is 0.177. The van der Waals surface area contributed by atoms with Crippen molar-refractivity contribution in [2.24, 2.45) is 0 Å². The number of rotatable bonds is 6. The van der Waals surface area contributed by atoms with E-state index in [1.807, 2.05) is 0 Å². The van der Waals surface area contributed by atoms with Gasteiger partial charge in [-0.25, -0.2) is 0 Å². The number of alkyl halides is 6. The summed E-state index contributed by atoms with van der Waals surface area (Å²) in [6.07, 6.45) is -9.96. The molecule has 2 N–H and O–H groups in total. The summed E-state index contributed by atoms with van der Waals surface area (Å²) < 4.78 is 81.0. The van der Waals surface area contributed by atoms with Crippen LogP contribution in [-0.4, -0.2) is 10.8 Å². The van der Waals surface area contributed by atoms with Gasteiger partial charge in [-0.1, -0.05) is 78.3 Å². The zero-order valence-electron chi connectivity index (χ0n) is 20.9. The third-order valence-electron chi connectivity index (χ3n) is 6.42. The standard InChI is InChI=1S/C30H20ClF6N3O/c31-25-13-7-6-12-24(25)28(41)23-11-5-4-10-22(23)26-27(19-8-2-1-3-9-19)40(39-38-26)17-18-14-20(29(32,33)34)16-21(15-18)30(35,36)37/h1-16,38-39H,17H2. The van der Waals surface area contributed by atoms with Crippen LogP contribution < -0.4 is 11.0 Å². The van der Waals surface area contributed by atoms with Crippen molar-refractivity contribution in [3.05, 3.63) is 141 Å². The summed E-state index contributed by atoms with van der Waals surface area (Å²) in [5.41, 5.74) is 5.20. The summed E-state index contributed by atoms with van der Waals surface area (Å²) >= 11 is 6.28. The largest absolute Gasteiger partial charge is 0.416 e. The van der Waals surface area contributed by atoms with Gasteiger partial charge in [0.15, 0.2) is 5.78 Å². The van der Waals surface area contributed by atoms with Gasteiger partial charge in [0.2, 0.25) is 0 Å². The van der Waals surface area contributed by atoms with Crippen molar-refractivity contribution in [1.29, 1.82) is 0 Å². The molecular weight excluding hydrogens is 568 g/mol. The number of halogens is 7. The Morgan fingerprint density at radius 3 is 1.90 bits per heavy atom. The Morgan fingerprint density at radius 2 is 1.29 bits per heavy atom. The van der Waals surface area contributed by atoms with Crippen molar-refractivity contribution in [3.8, 4) is 0 Å². The van der Waals surface area contributed by atoms with Gasteiger partial charge in [0.25, 0.3) is 0 Å². The lowest BCUT2D eigenvalue weighted by Gasteiger charge is -2.23. The first-order chi connectivity index (χ1) is 19.4. The van der Waals surface area contributed by atoms with Crippen LogP contribution in [0.1, 0.15) is 43.7 Å². The van der Waals surface area contributed by atoms with Crippen molar-refractivity contribution >= 4 is 28.8 Å². The fourth-order valence-electron chi connectivity index (χ4n) is 4.57. The first-order valence-corrected chi connectivity index (χ1v) is 12.6. The molecule has 0 atom stereocenters. The van der Waals surface area contributed by atoms with Crippen molar-refractivity contribution in [2.45, 2.75) is 18.9 Å². The highest BCUT2D eigenvalue weighted by Gasteiger charge is 2.37. The molecule has 0 bridgehead atoms. The van der Waals surface area contributed by atoms with Crippen LogP contribution in [0.4, 0.5) is 26.3 Å². The SMILES string of the molecule is O=C(c1ccccc1Cl)c1ccccc1C1=C(c2ccccc2)N(Cc2cc(C(F)(F)F)cc(C(F)(F)F)c2)NN1. The number of nitrogens with one attached hydrogen (secondary N) is 2. The normalized spacial score (nSPS) is 13.9. The van der Waals surface area contributed by atoms with Gasteiger partial charge in [0.05, 0.1) is 34.1 Å². The number of carbonyl (C=O) groups is 1. The first kappa shape index (κ1) is 28.3. The van der Waals surface area contributed by atoms with Crippen LogP contribution in [0.25, 0.3) is 11.4 Å². The van der Waals surface area contributed by atoms with Crippen molar-refractivity contribution in [2.75, 3.05) is 0 Å². The maximum atomic E-state index is 13.5. The Morgan fingerprint density at radius 1 is 0.732 bits per heavy atom. The van der Waals surface area contributed by atoms with Crippen molar-refractivity contribution in [3.63, 3.8) is 0 Å². The van der Waals surface area contributed by atoms with E-state index in [0.29, 0.717) is 40.2 Å². The van der Waals surface area contributed by atoms with Crippen LogP contribution >= 0.6 is 11.6 Å². The molecule has 0 saturated carbocycles. The Hall–Kier alpha value is -4.28. The molecule has 0 fully saturated rings. The lowest BCUT2D eigenvalue weighted by molar-refractivity contribution is -0.143. The molecule has 4 nitrogen and oxygen atoms in total. The minimum atomic E-state index is -4.98. The maximum absolute atomic E-state index is 13.5. The molecular formula is C30H20ClF6N3O. The van der Waals surface area contributed by atoms with Crippen molar-refractivity contribution in [1.82, 2.24) is 16.0 Å². The fraction of sp³-hybridized carbons (Fsp3) is 0.100. The second-order valence-corrected chi connectivity index (χ2v) is 9.59. The van der Waals surface area contributed by atoms with Crippen LogP contribution in [0, 0.1) is 0 Å². The number of benzene rings is 4. The minimum absolute atomic E-state index is 0.0924. The van der Waals surface area contributed by atoms with Crippen LogP contribution in [0.2, 0.25) is 5.02 Å². The third-order valence-corrected chi connectivity index (χ3v) is 6.75. The van der Waals surface area contributed by atoms with E-state index in [1.165, 1.54) is 5.01 Å². The van der Waals surface area contributed by atoms with E-state index in [4.69, 9.17) is 11.6 Å². The maximum Gasteiger partial charge on any atom is 0.416 e. The van der Waals surface area contributed by atoms with Gasteiger partial charge in [-0.3, -0.25) is 9.80 Å². The van der Waals surface area contributed by atoms with E-state index >= 15 is 0 Å². The van der Waals surface area contributed by atoms with Crippen LogP contribution in [0.5, 0.6) is 0 Å². The molecule has 0 aromatic heterocycles. The molecule has 0 amide bonds. The lowest BCUT2D eigenvalue weighted by Crippen LogP contribution is -2.37. The average Bonchev–Trinajstić information content (AvgIpc) is 3.35. The second kappa shape index (κ2) is 10.9. The molecule has 5 rings (SSSR count).